The monoisotopic (exact) mass is 270 g/mol. The third kappa shape index (κ3) is 2.71. The van der Waals surface area contributed by atoms with Crippen LogP contribution < -0.4 is 15.2 Å². The van der Waals surface area contributed by atoms with Crippen molar-refractivity contribution in [1.82, 2.24) is 4.90 Å². The van der Waals surface area contributed by atoms with Crippen LogP contribution in [0, 0.1) is 0 Å². The minimum absolute atomic E-state index is 0.125. The van der Waals surface area contributed by atoms with E-state index >= 15 is 0 Å². The molecule has 0 saturated heterocycles. The maximum absolute atomic E-state index is 6.26. The van der Waals surface area contributed by atoms with Gasteiger partial charge in [0.1, 0.15) is 0 Å². The highest BCUT2D eigenvalue weighted by Crippen LogP contribution is 2.39. The normalized spacial score (nSPS) is 16.5. The molecule has 0 aliphatic carbocycles. The van der Waals surface area contributed by atoms with Gasteiger partial charge in [0, 0.05) is 19.0 Å². The molecule has 1 heterocycles. The van der Waals surface area contributed by atoms with Gasteiger partial charge in [0.15, 0.2) is 11.5 Å². The first-order valence-electron chi connectivity index (χ1n) is 6.09. The third-order valence-corrected chi connectivity index (χ3v) is 3.34. The Bertz CT molecular complexity index is 424. The average molecular weight is 271 g/mol. The Morgan fingerprint density at radius 1 is 1.33 bits per heavy atom. The van der Waals surface area contributed by atoms with Crippen LogP contribution in [0.3, 0.4) is 0 Å². The van der Waals surface area contributed by atoms with Crippen molar-refractivity contribution in [2.45, 2.75) is 12.5 Å². The molecule has 1 unspecified atom stereocenters. The van der Waals surface area contributed by atoms with Gasteiger partial charge in [-0.15, -0.1) is 0 Å². The molecule has 0 saturated carbocycles. The van der Waals surface area contributed by atoms with Gasteiger partial charge in [-0.1, -0.05) is 11.6 Å². The summed E-state index contributed by atoms with van der Waals surface area (Å²) >= 11 is 6.26. The fourth-order valence-corrected chi connectivity index (χ4v) is 2.36. The summed E-state index contributed by atoms with van der Waals surface area (Å²) in [6, 6.07) is 4.01. The van der Waals surface area contributed by atoms with Gasteiger partial charge < -0.3 is 20.1 Å². The molecule has 4 nitrogen and oxygen atoms in total. The Balaban J connectivity index is 2.39. The number of hydrogen-bond donors (Lipinski definition) is 1. The highest BCUT2D eigenvalue weighted by atomic mass is 35.5. The van der Waals surface area contributed by atoms with Crippen molar-refractivity contribution in [1.29, 1.82) is 0 Å². The van der Waals surface area contributed by atoms with E-state index in [4.69, 9.17) is 26.8 Å². The van der Waals surface area contributed by atoms with E-state index in [0.717, 1.165) is 17.7 Å². The van der Waals surface area contributed by atoms with E-state index in [2.05, 4.69) is 4.90 Å². The summed E-state index contributed by atoms with van der Waals surface area (Å²) in [7, 11) is 3.99. The molecule has 1 atom stereocenters. The van der Waals surface area contributed by atoms with E-state index in [-0.39, 0.29) is 6.04 Å². The van der Waals surface area contributed by atoms with Gasteiger partial charge >= 0.3 is 0 Å². The second-order valence-electron chi connectivity index (χ2n) is 4.60. The lowest BCUT2D eigenvalue weighted by molar-refractivity contribution is 0.295. The van der Waals surface area contributed by atoms with Crippen LogP contribution in [0.1, 0.15) is 18.0 Å². The summed E-state index contributed by atoms with van der Waals surface area (Å²) in [6.45, 7) is 1.82. The summed E-state index contributed by atoms with van der Waals surface area (Å²) in [5.41, 5.74) is 6.86. The predicted molar refractivity (Wildman–Crippen MR) is 72.5 cm³/mol. The second kappa shape index (κ2) is 5.78. The van der Waals surface area contributed by atoms with Gasteiger partial charge in [-0.3, -0.25) is 0 Å². The smallest absolute Gasteiger partial charge is 0.179 e. The third-order valence-electron chi connectivity index (χ3n) is 3.06. The Morgan fingerprint density at radius 3 is 2.72 bits per heavy atom. The summed E-state index contributed by atoms with van der Waals surface area (Å²) in [5.74, 6) is 1.36. The number of likely N-dealkylation sites (N-methyl/N-ethyl adjacent to an activating group) is 1. The van der Waals surface area contributed by atoms with Crippen molar-refractivity contribution in [3.8, 4) is 11.5 Å². The van der Waals surface area contributed by atoms with Crippen LogP contribution in [0.5, 0.6) is 11.5 Å². The van der Waals surface area contributed by atoms with Gasteiger partial charge in [-0.25, -0.2) is 0 Å². The van der Waals surface area contributed by atoms with E-state index in [1.807, 2.05) is 26.2 Å². The highest BCUT2D eigenvalue weighted by molar-refractivity contribution is 6.32. The zero-order valence-electron chi connectivity index (χ0n) is 10.8. The van der Waals surface area contributed by atoms with Crippen LogP contribution in [-0.4, -0.2) is 38.8 Å². The first-order valence-corrected chi connectivity index (χ1v) is 6.47. The minimum Gasteiger partial charge on any atom is -0.489 e. The molecule has 0 spiro atoms. The standard InChI is InChI=1S/C13H19ClN2O2/c1-16(2)11(8-15)9-6-10(14)13-12(7-9)17-4-3-5-18-13/h6-7,11H,3-5,8,15H2,1-2H3. The van der Waals surface area contributed by atoms with E-state index in [0.29, 0.717) is 30.5 Å². The Kier molecular flexibility index (Phi) is 4.32. The molecule has 100 valence electrons. The molecule has 1 aliphatic heterocycles. The fourth-order valence-electron chi connectivity index (χ4n) is 2.09. The Morgan fingerprint density at radius 2 is 2.06 bits per heavy atom. The van der Waals surface area contributed by atoms with Crippen molar-refractivity contribution in [2.24, 2.45) is 5.73 Å². The molecule has 0 aromatic heterocycles. The van der Waals surface area contributed by atoms with Gasteiger partial charge in [0.05, 0.1) is 18.2 Å². The predicted octanol–water partition coefficient (Wildman–Crippen LogP) is 2.06. The van der Waals surface area contributed by atoms with Gasteiger partial charge in [0.25, 0.3) is 0 Å². The van der Waals surface area contributed by atoms with E-state index < -0.39 is 0 Å². The van der Waals surface area contributed by atoms with Crippen LogP contribution in [0.15, 0.2) is 12.1 Å². The van der Waals surface area contributed by atoms with Crippen LogP contribution in [0.4, 0.5) is 0 Å². The Hall–Kier alpha value is -0.970. The quantitative estimate of drug-likeness (QED) is 0.913. The molecule has 1 aliphatic rings. The average Bonchev–Trinajstić information content (AvgIpc) is 2.55. The zero-order valence-corrected chi connectivity index (χ0v) is 11.5. The van der Waals surface area contributed by atoms with E-state index in [9.17, 15) is 0 Å². The lowest BCUT2D eigenvalue weighted by Gasteiger charge is -2.24. The molecular weight excluding hydrogens is 252 g/mol. The first kappa shape index (κ1) is 13.5. The molecular formula is C13H19ClN2O2. The maximum atomic E-state index is 6.26. The fraction of sp³-hybridized carbons (Fsp3) is 0.538. The molecule has 1 aromatic carbocycles. The van der Waals surface area contributed by atoms with Crippen molar-refractivity contribution >= 4 is 11.6 Å². The van der Waals surface area contributed by atoms with Crippen molar-refractivity contribution in [3.63, 3.8) is 0 Å². The summed E-state index contributed by atoms with van der Waals surface area (Å²) in [4.78, 5) is 2.07. The number of fused-ring (bicyclic) bond motifs is 1. The number of halogens is 1. The lowest BCUT2D eigenvalue weighted by atomic mass is 10.1. The summed E-state index contributed by atoms with van der Waals surface area (Å²) in [5, 5.41) is 0.588. The molecule has 0 amide bonds. The largest absolute Gasteiger partial charge is 0.489 e. The van der Waals surface area contributed by atoms with Crippen molar-refractivity contribution in [2.75, 3.05) is 33.9 Å². The van der Waals surface area contributed by atoms with Gasteiger partial charge in [0.2, 0.25) is 0 Å². The maximum Gasteiger partial charge on any atom is 0.179 e. The van der Waals surface area contributed by atoms with Crippen LogP contribution in [0.2, 0.25) is 5.02 Å². The highest BCUT2D eigenvalue weighted by Gasteiger charge is 2.20. The molecule has 18 heavy (non-hydrogen) atoms. The molecule has 2 rings (SSSR count). The molecule has 2 N–H and O–H groups in total. The van der Waals surface area contributed by atoms with Gasteiger partial charge in [-0.2, -0.15) is 0 Å². The zero-order chi connectivity index (χ0) is 13.1. The van der Waals surface area contributed by atoms with Crippen LogP contribution in [0.25, 0.3) is 0 Å². The van der Waals surface area contributed by atoms with E-state index in [1.165, 1.54) is 0 Å². The minimum atomic E-state index is 0.125. The SMILES string of the molecule is CN(C)C(CN)c1cc(Cl)c2c(c1)OCCCO2. The number of benzene rings is 1. The van der Waals surface area contributed by atoms with Crippen molar-refractivity contribution in [3.05, 3.63) is 22.7 Å². The topological polar surface area (TPSA) is 47.7 Å². The van der Waals surface area contributed by atoms with Crippen molar-refractivity contribution < 1.29 is 9.47 Å². The molecule has 1 aromatic rings. The van der Waals surface area contributed by atoms with Crippen LogP contribution in [-0.2, 0) is 0 Å². The molecule has 5 heteroatoms. The lowest BCUT2D eigenvalue weighted by Crippen LogP contribution is -2.27. The number of nitrogens with two attached hydrogens (primary N) is 1. The summed E-state index contributed by atoms with van der Waals surface area (Å²) in [6.07, 6.45) is 0.869. The number of hydrogen-bond acceptors (Lipinski definition) is 4. The molecule has 0 fully saturated rings. The summed E-state index contributed by atoms with van der Waals surface area (Å²) < 4.78 is 11.3. The molecule has 0 radical (unpaired) electrons. The Labute approximate surface area is 113 Å². The first-order chi connectivity index (χ1) is 8.63. The van der Waals surface area contributed by atoms with E-state index in [1.54, 1.807) is 0 Å². The number of ether oxygens (including phenoxy) is 2. The van der Waals surface area contributed by atoms with Crippen LogP contribution >= 0.6 is 11.6 Å². The van der Waals surface area contributed by atoms with Gasteiger partial charge in [-0.05, 0) is 31.8 Å². The molecule has 0 bridgehead atoms. The number of rotatable bonds is 3. The second-order valence-corrected chi connectivity index (χ2v) is 5.00. The number of nitrogens with zero attached hydrogens (tertiary/aromatic N) is 1.